The molecule has 0 aliphatic carbocycles. The molecule has 0 aliphatic heterocycles. The maximum Gasteiger partial charge on any atom is 0.332 e. The summed E-state index contributed by atoms with van der Waals surface area (Å²) in [5.74, 6) is -0.538. The Morgan fingerprint density at radius 2 is 1.82 bits per heavy atom. The van der Waals surface area contributed by atoms with Gasteiger partial charge in [0.25, 0.3) is 0 Å². The van der Waals surface area contributed by atoms with Crippen LogP contribution in [0, 0.1) is 0 Å². The number of carbonyl (C=O) groups is 1. The Labute approximate surface area is 201 Å². The first kappa shape index (κ1) is 23.6. The lowest BCUT2D eigenvalue weighted by atomic mass is 10.0. The molecule has 0 spiro atoms. The lowest BCUT2D eigenvalue weighted by Gasteiger charge is -2.17. The van der Waals surface area contributed by atoms with E-state index in [9.17, 15) is 13.2 Å². The highest BCUT2D eigenvalue weighted by Crippen LogP contribution is 2.30. The number of hydrogen-bond donors (Lipinski definition) is 2. The van der Waals surface area contributed by atoms with Crippen molar-refractivity contribution in [2.75, 3.05) is 0 Å². The summed E-state index contributed by atoms with van der Waals surface area (Å²) < 4.78 is 30.0. The van der Waals surface area contributed by atoms with Crippen LogP contribution in [0.25, 0.3) is 10.2 Å². The fourth-order valence-electron chi connectivity index (χ4n) is 3.33. The summed E-state index contributed by atoms with van der Waals surface area (Å²) in [6, 6.07) is 22.4. The molecule has 0 aliphatic rings. The van der Waals surface area contributed by atoms with Crippen LogP contribution in [0.3, 0.4) is 0 Å². The Kier molecular flexibility index (Phi) is 7.01. The predicted molar refractivity (Wildman–Crippen MR) is 132 cm³/mol. The number of sulfonamides is 1. The number of aromatic nitrogens is 1. The monoisotopic (exact) mass is 494 g/mol. The Morgan fingerprint density at radius 1 is 1.09 bits per heavy atom. The van der Waals surface area contributed by atoms with Gasteiger partial charge in [0, 0.05) is 12.5 Å². The van der Waals surface area contributed by atoms with Gasteiger partial charge in [-0.25, -0.2) is 22.9 Å². The SMILES string of the molecule is CC(=O)O/N=C(/N)c1cccc(C[C@H](NS(=O)(=O)c2ccccc2)c2nc3ccccc3s2)c1. The fourth-order valence-corrected chi connectivity index (χ4v) is 5.65. The number of benzene rings is 3. The number of fused-ring (bicyclic) bond motifs is 1. The van der Waals surface area contributed by atoms with Crippen LogP contribution in [0.5, 0.6) is 0 Å². The molecule has 1 atom stereocenters. The van der Waals surface area contributed by atoms with Gasteiger partial charge in [-0.3, -0.25) is 0 Å². The van der Waals surface area contributed by atoms with Crippen molar-refractivity contribution >= 4 is 43.4 Å². The number of carbonyl (C=O) groups excluding carboxylic acids is 1. The second-order valence-corrected chi connectivity index (χ2v) is 10.2. The maximum absolute atomic E-state index is 13.1. The van der Waals surface area contributed by atoms with Gasteiger partial charge in [0.05, 0.1) is 21.2 Å². The van der Waals surface area contributed by atoms with Crippen molar-refractivity contribution in [1.82, 2.24) is 9.71 Å². The van der Waals surface area contributed by atoms with E-state index >= 15 is 0 Å². The van der Waals surface area contributed by atoms with Gasteiger partial charge < -0.3 is 10.6 Å². The molecule has 1 heterocycles. The molecule has 4 aromatic rings. The topological polar surface area (TPSA) is 124 Å². The molecular formula is C24H22N4O4S2. The Balaban J connectivity index is 1.68. The Morgan fingerprint density at radius 3 is 2.56 bits per heavy atom. The van der Waals surface area contributed by atoms with Crippen molar-refractivity contribution in [2.24, 2.45) is 10.9 Å². The normalized spacial score (nSPS) is 13.0. The Hall–Kier alpha value is -3.60. The van der Waals surface area contributed by atoms with Crippen LogP contribution < -0.4 is 10.5 Å². The van der Waals surface area contributed by atoms with Gasteiger partial charge in [-0.2, -0.15) is 0 Å². The number of oxime groups is 1. The molecule has 174 valence electrons. The molecule has 0 saturated heterocycles. The summed E-state index contributed by atoms with van der Waals surface area (Å²) in [6.45, 7) is 1.23. The smallest absolute Gasteiger partial charge is 0.332 e. The number of nitrogens with zero attached hydrogens (tertiary/aromatic N) is 2. The van der Waals surface area contributed by atoms with Crippen LogP contribution >= 0.6 is 11.3 Å². The number of hydrogen-bond acceptors (Lipinski definition) is 7. The minimum Gasteiger partial charge on any atom is -0.380 e. The molecule has 0 unspecified atom stereocenters. The van der Waals surface area contributed by atoms with Gasteiger partial charge in [-0.1, -0.05) is 53.7 Å². The van der Waals surface area contributed by atoms with Crippen molar-refractivity contribution in [2.45, 2.75) is 24.3 Å². The minimum absolute atomic E-state index is 0.0402. The standard InChI is InChI=1S/C24H22N4O4S2/c1-16(29)32-27-23(25)18-9-7-8-17(14-18)15-21(24-26-20-12-5-6-13-22(20)33-24)28-34(30,31)19-10-3-2-4-11-19/h2-14,21,28H,15H2,1H3,(H2,25,27)/t21-/m0/s1. The Bertz CT molecular complexity index is 1420. The van der Waals surface area contributed by atoms with E-state index in [1.165, 1.54) is 18.3 Å². The van der Waals surface area contributed by atoms with Crippen LogP contribution in [0.4, 0.5) is 0 Å². The van der Waals surface area contributed by atoms with Crippen molar-refractivity contribution in [1.29, 1.82) is 0 Å². The summed E-state index contributed by atoms with van der Waals surface area (Å²) in [5.41, 5.74) is 8.09. The van der Waals surface area contributed by atoms with Gasteiger partial charge in [0.1, 0.15) is 5.01 Å². The first-order valence-corrected chi connectivity index (χ1v) is 12.6. The highest BCUT2D eigenvalue weighted by molar-refractivity contribution is 7.89. The molecule has 4 rings (SSSR count). The number of amidine groups is 1. The van der Waals surface area contributed by atoms with Crippen molar-refractivity contribution < 1.29 is 18.0 Å². The fraction of sp³-hybridized carbons (Fsp3) is 0.125. The molecule has 0 saturated carbocycles. The molecule has 3 aromatic carbocycles. The number of rotatable bonds is 8. The molecule has 0 bridgehead atoms. The summed E-state index contributed by atoms with van der Waals surface area (Å²) in [7, 11) is -3.80. The third-order valence-electron chi connectivity index (χ3n) is 4.89. The van der Waals surface area contributed by atoms with E-state index in [2.05, 4.69) is 19.7 Å². The summed E-state index contributed by atoms with van der Waals surface area (Å²) in [4.78, 5) is 20.5. The van der Waals surface area contributed by atoms with Gasteiger partial charge in [0.2, 0.25) is 10.0 Å². The third-order valence-corrected chi connectivity index (χ3v) is 7.53. The van der Waals surface area contributed by atoms with Gasteiger partial charge in [-0.15, -0.1) is 11.3 Å². The van der Waals surface area contributed by atoms with Crippen LogP contribution in [-0.4, -0.2) is 25.2 Å². The summed E-state index contributed by atoms with van der Waals surface area (Å²) >= 11 is 1.44. The maximum atomic E-state index is 13.1. The average molecular weight is 495 g/mol. The molecule has 10 heteroatoms. The van der Waals surface area contributed by atoms with Crippen LogP contribution in [0.15, 0.2) is 88.9 Å². The van der Waals surface area contributed by atoms with Crippen LogP contribution in [0.1, 0.15) is 29.1 Å². The van der Waals surface area contributed by atoms with E-state index in [-0.39, 0.29) is 10.7 Å². The van der Waals surface area contributed by atoms with Gasteiger partial charge >= 0.3 is 5.97 Å². The minimum atomic E-state index is -3.80. The molecule has 34 heavy (non-hydrogen) atoms. The highest BCUT2D eigenvalue weighted by Gasteiger charge is 2.24. The number of thiazole rings is 1. The molecule has 0 radical (unpaired) electrons. The first-order valence-electron chi connectivity index (χ1n) is 10.3. The zero-order chi connectivity index (χ0) is 24.1. The van der Waals surface area contributed by atoms with Crippen LogP contribution in [-0.2, 0) is 26.1 Å². The van der Waals surface area contributed by atoms with Gasteiger partial charge in [-0.05, 0) is 42.3 Å². The van der Waals surface area contributed by atoms with E-state index in [0.29, 0.717) is 17.0 Å². The lowest BCUT2D eigenvalue weighted by molar-refractivity contribution is -0.140. The zero-order valence-electron chi connectivity index (χ0n) is 18.2. The van der Waals surface area contributed by atoms with E-state index in [0.717, 1.165) is 15.8 Å². The molecular weight excluding hydrogens is 472 g/mol. The van der Waals surface area contributed by atoms with Crippen molar-refractivity contribution in [3.05, 3.63) is 95.0 Å². The van der Waals surface area contributed by atoms with E-state index in [1.54, 1.807) is 48.5 Å². The van der Waals surface area contributed by atoms with Gasteiger partial charge in [0.15, 0.2) is 5.84 Å². The van der Waals surface area contributed by atoms with Crippen molar-refractivity contribution in [3.8, 4) is 0 Å². The second kappa shape index (κ2) is 10.1. The molecule has 0 fully saturated rings. The highest BCUT2D eigenvalue weighted by atomic mass is 32.2. The molecule has 8 nitrogen and oxygen atoms in total. The van der Waals surface area contributed by atoms with Crippen molar-refractivity contribution in [3.63, 3.8) is 0 Å². The summed E-state index contributed by atoms with van der Waals surface area (Å²) in [5, 5.41) is 4.27. The molecule has 3 N–H and O–H groups in total. The predicted octanol–water partition coefficient (Wildman–Crippen LogP) is 3.74. The van der Waals surface area contributed by atoms with E-state index < -0.39 is 22.0 Å². The second-order valence-electron chi connectivity index (χ2n) is 7.47. The quantitative estimate of drug-likeness (QED) is 0.166. The average Bonchev–Trinajstić information content (AvgIpc) is 3.27. The third kappa shape index (κ3) is 5.66. The largest absolute Gasteiger partial charge is 0.380 e. The van der Waals surface area contributed by atoms with E-state index in [4.69, 9.17) is 5.73 Å². The van der Waals surface area contributed by atoms with E-state index in [1.807, 2.05) is 30.3 Å². The molecule has 0 amide bonds. The molecule has 1 aromatic heterocycles. The first-order chi connectivity index (χ1) is 16.3. The summed E-state index contributed by atoms with van der Waals surface area (Å²) in [6.07, 6.45) is 0.320. The van der Waals surface area contributed by atoms with Crippen LogP contribution in [0.2, 0.25) is 0 Å². The lowest BCUT2D eigenvalue weighted by Crippen LogP contribution is -2.30. The zero-order valence-corrected chi connectivity index (χ0v) is 19.8. The number of nitrogens with two attached hydrogens (primary N) is 1. The number of para-hydroxylation sites is 1. The number of nitrogens with one attached hydrogen (secondary N) is 1.